The van der Waals surface area contributed by atoms with Gasteiger partial charge < -0.3 is 14.4 Å². The van der Waals surface area contributed by atoms with Gasteiger partial charge in [0.15, 0.2) is 11.5 Å². The lowest BCUT2D eigenvalue weighted by molar-refractivity contribution is -0.135. The molecule has 9 heteroatoms. The predicted octanol–water partition coefficient (Wildman–Crippen LogP) is 4.59. The van der Waals surface area contributed by atoms with Gasteiger partial charge in [0.25, 0.3) is 11.1 Å². The number of para-hydroxylation sites is 1. The predicted molar refractivity (Wildman–Crippen MR) is 127 cm³/mol. The van der Waals surface area contributed by atoms with E-state index < -0.39 is 11.1 Å². The summed E-state index contributed by atoms with van der Waals surface area (Å²) < 4.78 is 11.5. The summed E-state index contributed by atoms with van der Waals surface area (Å²) in [4.78, 5) is 40.8. The Kier molecular flexibility index (Phi) is 7.25. The van der Waals surface area contributed by atoms with Crippen LogP contribution < -0.4 is 9.47 Å². The molecule has 2 heterocycles. The van der Waals surface area contributed by atoms with Crippen LogP contribution in [0.5, 0.6) is 11.5 Å². The summed E-state index contributed by atoms with van der Waals surface area (Å²) in [5, 5.41) is 0.123. The minimum Gasteiger partial charge on any atom is -0.493 e. The molecule has 2 aliphatic heterocycles. The van der Waals surface area contributed by atoms with Crippen molar-refractivity contribution < 1.29 is 23.9 Å². The van der Waals surface area contributed by atoms with Gasteiger partial charge in [-0.05, 0) is 42.8 Å². The van der Waals surface area contributed by atoms with Crippen LogP contribution >= 0.6 is 23.4 Å². The molecule has 0 bridgehead atoms. The number of thioether (sulfide) groups is 1. The standard InChI is InChI=1S/C24H23ClN2O5S/c1-31-19-10-6-8-16(22(19)32-15-17-7-2-3-9-18(17)25)13-20-23(29)27(24(30)33-20)14-21(28)26-11-4-5-12-26/h2-3,6-10,13H,4-5,11-12,14-15H2,1H3/b20-13-. The van der Waals surface area contributed by atoms with Gasteiger partial charge in [-0.2, -0.15) is 0 Å². The lowest BCUT2D eigenvalue weighted by Gasteiger charge is -2.18. The highest BCUT2D eigenvalue weighted by Crippen LogP contribution is 2.38. The normalized spacial score (nSPS) is 17.2. The number of amides is 3. The maximum atomic E-state index is 12.9. The monoisotopic (exact) mass is 486 g/mol. The third kappa shape index (κ3) is 5.17. The van der Waals surface area contributed by atoms with E-state index in [9.17, 15) is 14.4 Å². The van der Waals surface area contributed by atoms with Gasteiger partial charge in [-0.25, -0.2) is 0 Å². The molecule has 172 valence electrons. The molecule has 0 saturated carbocycles. The van der Waals surface area contributed by atoms with E-state index in [1.807, 2.05) is 18.2 Å². The van der Waals surface area contributed by atoms with Gasteiger partial charge in [0, 0.05) is 29.2 Å². The fourth-order valence-electron chi connectivity index (χ4n) is 3.71. The summed E-state index contributed by atoms with van der Waals surface area (Å²) >= 11 is 7.05. The van der Waals surface area contributed by atoms with Crippen molar-refractivity contribution in [3.05, 3.63) is 63.5 Å². The van der Waals surface area contributed by atoms with Crippen LogP contribution in [-0.4, -0.2) is 53.6 Å². The molecule has 0 aromatic heterocycles. The summed E-state index contributed by atoms with van der Waals surface area (Å²) in [6, 6.07) is 12.6. The Hall–Kier alpha value is -2.97. The Morgan fingerprint density at radius 2 is 1.88 bits per heavy atom. The largest absolute Gasteiger partial charge is 0.493 e. The van der Waals surface area contributed by atoms with Gasteiger partial charge in [-0.1, -0.05) is 41.9 Å². The number of halogens is 1. The topological polar surface area (TPSA) is 76.2 Å². The SMILES string of the molecule is COc1cccc(/C=C2\SC(=O)N(CC(=O)N3CCCC3)C2=O)c1OCc1ccccc1Cl. The van der Waals surface area contributed by atoms with Gasteiger partial charge in [-0.3, -0.25) is 19.3 Å². The lowest BCUT2D eigenvalue weighted by Crippen LogP contribution is -2.40. The zero-order valence-electron chi connectivity index (χ0n) is 18.1. The number of hydrogen-bond donors (Lipinski definition) is 0. The average Bonchev–Trinajstić information content (AvgIpc) is 3.44. The molecule has 0 spiro atoms. The van der Waals surface area contributed by atoms with Crippen molar-refractivity contribution in [1.29, 1.82) is 0 Å². The highest BCUT2D eigenvalue weighted by atomic mass is 35.5. The maximum Gasteiger partial charge on any atom is 0.294 e. The van der Waals surface area contributed by atoms with Crippen LogP contribution in [0.4, 0.5) is 4.79 Å². The summed E-state index contributed by atoms with van der Waals surface area (Å²) in [5.74, 6) is 0.220. The van der Waals surface area contributed by atoms with Crippen molar-refractivity contribution in [2.75, 3.05) is 26.7 Å². The van der Waals surface area contributed by atoms with Crippen LogP contribution in [0.3, 0.4) is 0 Å². The number of likely N-dealkylation sites (tertiary alicyclic amines) is 1. The van der Waals surface area contributed by atoms with Crippen molar-refractivity contribution >= 4 is 46.5 Å². The number of hydrogen-bond acceptors (Lipinski definition) is 6. The van der Waals surface area contributed by atoms with Crippen molar-refractivity contribution in [2.45, 2.75) is 19.4 Å². The van der Waals surface area contributed by atoms with E-state index in [0.29, 0.717) is 35.2 Å². The van der Waals surface area contributed by atoms with Crippen molar-refractivity contribution in [2.24, 2.45) is 0 Å². The lowest BCUT2D eigenvalue weighted by atomic mass is 10.1. The van der Waals surface area contributed by atoms with Gasteiger partial charge in [0.1, 0.15) is 13.2 Å². The first-order valence-corrected chi connectivity index (χ1v) is 11.7. The second kappa shape index (κ2) is 10.3. The first-order chi connectivity index (χ1) is 16.0. The summed E-state index contributed by atoms with van der Waals surface area (Å²) in [6.45, 7) is 1.30. The number of methoxy groups -OCH3 is 1. The van der Waals surface area contributed by atoms with Crippen LogP contribution in [0.15, 0.2) is 47.4 Å². The number of benzene rings is 2. The number of nitrogens with zero attached hydrogens (tertiary/aromatic N) is 2. The quantitative estimate of drug-likeness (QED) is 0.533. The molecule has 3 amide bonds. The van der Waals surface area contributed by atoms with Crippen LogP contribution in [0.1, 0.15) is 24.0 Å². The van der Waals surface area contributed by atoms with Crippen molar-refractivity contribution in [3.8, 4) is 11.5 Å². The van der Waals surface area contributed by atoms with E-state index in [2.05, 4.69) is 0 Å². The van der Waals surface area contributed by atoms with Gasteiger partial charge in [0.05, 0.1) is 12.0 Å². The molecule has 7 nitrogen and oxygen atoms in total. The van der Waals surface area contributed by atoms with Gasteiger partial charge in [-0.15, -0.1) is 0 Å². The third-order valence-electron chi connectivity index (χ3n) is 5.47. The minimum atomic E-state index is -0.488. The molecule has 33 heavy (non-hydrogen) atoms. The Morgan fingerprint density at radius 3 is 2.61 bits per heavy atom. The highest BCUT2D eigenvalue weighted by molar-refractivity contribution is 8.18. The first kappa shape index (κ1) is 23.2. The third-order valence-corrected chi connectivity index (χ3v) is 6.75. The Bertz CT molecular complexity index is 1110. The number of ether oxygens (including phenoxy) is 2. The van der Waals surface area contributed by atoms with Gasteiger partial charge >= 0.3 is 0 Å². The summed E-state index contributed by atoms with van der Waals surface area (Å²) in [7, 11) is 1.53. The number of imide groups is 1. The van der Waals surface area contributed by atoms with Crippen molar-refractivity contribution in [1.82, 2.24) is 9.80 Å². The molecule has 4 rings (SSSR count). The van der Waals surface area contributed by atoms with E-state index in [1.54, 1.807) is 35.2 Å². The molecular weight excluding hydrogens is 464 g/mol. The molecule has 2 aromatic carbocycles. The molecule has 0 radical (unpaired) electrons. The molecule has 0 aliphatic carbocycles. The van der Waals surface area contributed by atoms with E-state index in [0.717, 1.165) is 35.1 Å². The molecule has 2 aromatic rings. The molecule has 0 unspecified atom stereocenters. The second-order valence-corrected chi connectivity index (χ2v) is 9.01. The summed E-state index contributed by atoms with van der Waals surface area (Å²) in [5.41, 5.74) is 1.38. The Balaban J connectivity index is 1.55. The average molecular weight is 487 g/mol. The van der Waals surface area contributed by atoms with Crippen molar-refractivity contribution in [3.63, 3.8) is 0 Å². The molecule has 0 atom stereocenters. The minimum absolute atomic E-state index is 0.201. The van der Waals surface area contributed by atoms with Crippen LogP contribution in [-0.2, 0) is 16.2 Å². The molecular formula is C24H23ClN2O5S. The number of carbonyl (C=O) groups excluding carboxylic acids is 3. The highest BCUT2D eigenvalue weighted by Gasteiger charge is 2.37. The maximum absolute atomic E-state index is 12.9. The van der Waals surface area contributed by atoms with E-state index >= 15 is 0 Å². The van der Waals surface area contributed by atoms with E-state index in [4.69, 9.17) is 21.1 Å². The Morgan fingerprint density at radius 1 is 1.12 bits per heavy atom. The molecule has 2 fully saturated rings. The van der Waals surface area contributed by atoms with Crippen LogP contribution in [0.2, 0.25) is 5.02 Å². The molecule has 0 N–H and O–H groups in total. The Labute approximate surface area is 201 Å². The van der Waals surface area contributed by atoms with Crippen LogP contribution in [0, 0.1) is 0 Å². The zero-order chi connectivity index (χ0) is 23.4. The van der Waals surface area contributed by atoms with Gasteiger partial charge in [0.2, 0.25) is 5.91 Å². The van der Waals surface area contributed by atoms with Crippen LogP contribution in [0.25, 0.3) is 6.08 Å². The molecule has 2 aliphatic rings. The molecule has 2 saturated heterocycles. The summed E-state index contributed by atoms with van der Waals surface area (Å²) in [6.07, 6.45) is 3.48. The first-order valence-electron chi connectivity index (χ1n) is 10.5. The van der Waals surface area contributed by atoms with E-state index in [1.165, 1.54) is 7.11 Å². The smallest absolute Gasteiger partial charge is 0.294 e. The fraction of sp³-hybridized carbons (Fsp3) is 0.292. The van der Waals surface area contributed by atoms with E-state index in [-0.39, 0.29) is 24.0 Å². The zero-order valence-corrected chi connectivity index (χ0v) is 19.7. The fourth-order valence-corrected chi connectivity index (χ4v) is 4.73. The second-order valence-electron chi connectivity index (χ2n) is 7.61. The number of rotatable bonds is 7. The number of carbonyl (C=O) groups is 3.